The zero-order valence-electron chi connectivity index (χ0n) is 18.6. The summed E-state index contributed by atoms with van der Waals surface area (Å²) in [5, 5.41) is 9.92. The Morgan fingerprint density at radius 1 is 1.12 bits per heavy atom. The van der Waals surface area contributed by atoms with E-state index in [9.17, 15) is 22.4 Å². The van der Waals surface area contributed by atoms with Crippen LogP contribution in [0.15, 0.2) is 36.4 Å². The Bertz CT molecular complexity index is 1040. The molecule has 186 valence electrons. The van der Waals surface area contributed by atoms with Gasteiger partial charge in [-0.1, -0.05) is 35.3 Å². The second-order valence-corrected chi connectivity index (χ2v) is 9.22. The van der Waals surface area contributed by atoms with Crippen LogP contribution in [0.3, 0.4) is 0 Å². The third-order valence-electron chi connectivity index (χ3n) is 6.03. The maximum absolute atomic E-state index is 14.1. The molecule has 1 aliphatic rings. The van der Waals surface area contributed by atoms with E-state index in [0.717, 1.165) is 17.7 Å². The molecule has 5 nitrogen and oxygen atoms in total. The number of benzene rings is 2. The first kappa shape index (κ1) is 26.5. The standard InChI is InChI=1S/C23H25Cl2F4N3O2/c1-30(7-8-33)22(34)32-12-16(15-4-6-18(24)19(25)10-15)21(13-32)31(2)11-14-3-5-17(20(26)9-14)23(27,28)29/h3-6,9-10,16,21,33H,7-8,11-13H2,1-2H3. The number of likely N-dealkylation sites (N-methyl/N-ethyl adjacent to an activating group) is 2. The van der Waals surface area contributed by atoms with E-state index in [2.05, 4.69) is 0 Å². The van der Waals surface area contributed by atoms with Crippen LogP contribution in [-0.4, -0.2) is 72.2 Å². The lowest BCUT2D eigenvalue weighted by molar-refractivity contribution is -0.140. The fraction of sp³-hybridized carbons (Fsp3) is 0.435. The predicted octanol–water partition coefficient (Wildman–Crippen LogP) is 5.10. The third-order valence-corrected chi connectivity index (χ3v) is 6.77. The molecular formula is C23H25Cl2F4N3O2. The Kier molecular flexibility index (Phi) is 8.34. The molecular weight excluding hydrogens is 497 g/mol. The highest BCUT2D eigenvalue weighted by atomic mass is 35.5. The summed E-state index contributed by atoms with van der Waals surface area (Å²) in [4.78, 5) is 17.8. The molecule has 0 saturated carbocycles. The average Bonchev–Trinajstić information content (AvgIpc) is 3.20. The van der Waals surface area contributed by atoms with Gasteiger partial charge in [0.2, 0.25) is 0 Å². The minimum atomic E-state index is -4.76. The fourth-order valence-electron chi connectivity index (χ4n) is 4.24. The van der Waals surface area contributed by atoms with Crippen LogP contribution in [0.2, 0.25) is 10.0 Å². The molecule has 2 atom stereocenters. The van der Waals surface area contributed by atoms with E-state index in [1.165, 1.54) is 11.0 Å². The fourth-order valence-corrected chi connectivity index (χ4v) is 4.55. The molecule has 2 aromatic rings. The quantitative estimate of drug-likeness (QED) is 0.538. The van der Waals surface area contributed by atoms with Crippen LogP contribution < -0.4 is 0 Å². The largest absolute Gasteiger partial charge is 0.419 e. The monoisotopic (exact) mass is 521 g/mol. The van der Waals surface area contributed by atoms with Crippen LogP contribution in [-0.2, 0) is 12.7 Å². The van der Waals surface area contributed by atoms with Crippen molar-refractivity contribution in [2.75, 3.05) is 40.3 Å². The first-order valence-corrected chi connectivity index (χ1v) is 11.3. The molecule has 0 bridgehead atoms. The van der Waals surface area contributed by atoms with Gasteiger partial charge in [0.15, 0.2) is 0 Å². The van der Waals surface area contributed by atoms with Gasteiger partial charge in [-0.3, -0.25) is 4.90 Å². The molecule has 34 heavy (non-hydrogen) atoms. The molecule has 2 unspecified atom stereocenters. The summed E-state index contributed by atoms with van der Waals surface area (Å²) in [6.45, 7) is 0.876. The Morgan fingerprint density at radius 3 is 2.41 bits per heavy atom. The smallest absolute Gasteiger partial charge is 0.395 e. The summed E-state index contributed by atoms with van der Waals surface area (Å²) < 4.78 is 52.8. The number of halogens is 6. The highest BCUT2D eigenvalue weighted by Crippen LogP contribution is 2.36. The van der Waals surface area contributed by atoms with Crippen molar-refractivity contribution in [2.45, 2.75) is 24.7 Å². The van der Waals surface area contributed by atoms with Crippen molar-refractivity contribution in [2.24, 2.45) is 0 Å². The van der Waals surface area contributed by atoms with Crippen LogP contribution in [0, 0.1) is 5.82 Å². The number of aliphatic hydroxyl groups excluding tert-OH is 1. The van der Waals surface area contributed by atoms with E-state index in [1.54, 1.807) is 31.1 Å². The van der Waals surface area contributed by atoms with Crippen LogP contribution in [0.25, 0.3) is 0 Å². The number of hydrogen-bond acceptors (Lipinski definition) is 3. The van der Waals surface area contributed by atoms with Gasteiger partial charge in [-0.05, 0) is 42.4 Å². The van der Waals surface area contributed by atoms with Crippen molar-refractivity contribution < 1.29 is 27.5 Å². The minimum absolute atomic E-state index is 0.172. The number of urea groups is 1. The van der Waals surface area contributed by atoms with E-state index in [0.29, 0.717) is 28.7 Å². The van der Waals surface area contributed by atoms with Gasteiger partial charge in [0, 0.05) is 45.2 Å². The van der Waals surface area contributed by atoms with Gasteiger partial charge in [-0.15, -0.1) is 0 Å². The van der Waals surface area contributed by atoms with Gasteiger partial charge < -0.3 is 14.9 Å². The Balaban J connectivity index is 1.86. The number of alkyl halides is 3. The van der Waals surface area contributed by atoms with Crippen molar-refractivity contribution in [3.8, 4) is 0 Å². The number of likely N-dealkylation sites (tertiary alicyclic amines) is 1. The Morgan fingerprint density at radius 2 is 1.82 bits per heavy atom. The van der Waals surface area contributed by atoms with Gasteiger partial charge in [-0.25, -0.2) is 9.18 Å². The van der Waals surface area contributed by atoms with E-state index < -0.39 is 17.6 Å². The Labute approximate surface area is 205 Å². The van der Waals surface area contributed by atoms with Crippen molar-refractivity contribution in [3.05, 3.63) is 69.0 Å². The van der Waals surface area contributed by atoms with Crippen LogP contribution in [0.4, 0.5) is 22.4 Å². The van der Waals surface area contributed by atoms with Gasteiger partial charge in [0.25, 0.3) is 0 Å². The first-order chi connectivity index (χ1) is 15.9. The maximum atomic E-state index is 14.1. The molecule has 11 heteroatoms. The SMILES string of the molecule is CN(CCO)C(=O)N1CC(c2ccc(Cl)c(Cl)c2)C(N(C)Cc2ccc(C(F)(F)F)c(F)c2)C1. The zero-order chi connectivity index (χ0) is 25.2. The van der Waals surface area contributed by atoms with E-state index in [1.807, 2.05) is 11.0 Å². The Hall–Kier alpha value is -2.07. The molecule has 2 aromatic carbocycles. The molecule has 1 fully saturated rings. The number of hydrogen-bond donors (Lipinski definition) is 1. The molecule has 0 aliphatic carbocycles. The molecule has 0 radical (unpaired) electrons. The summed E-state index contributed by atoms with van der Waals surface area (Å²) >= 11 is 12.3. The van der Waals surface area contributed by atoms with Gasteiger partial charge >= 0.3 is 12.2 Å². The number of amides is 2. The number of aliphatic hydroxyl groups is 1. The normalized spacial score (nSPS) is 18.6. The number of carbonyl (C=O) groups is 1. The number of carbonyl (C=O) groups excluding carboxylic acids is 1. The zero-order valence-corrected chi connectivity index (χ0v) is 20.1. The van der Waals surface area contributed by atoms with Crippen LogP contribution in [0.5, 0.6) is 0 Å². The molecule has 1 aliphatic heterocycles. The first-order valence-electron chi connectivity index (χ1n) is 10.5. The predicted molar refractivity (Wildman–Crippen MR) is 123 cm³/mol. The van der Waals surface area contributed by atoms with Crippen molar-refractivity contribution >= 4 is 29.2 Å². The van der Waals surface area contributed by atoms with Crippen LogP contribution in [0.1, 0.15) is 22.6 Å². The van der Waals surface area contributed by atoms with E-state index >= 15 is 0 Å². The van der Waals surface area contributed by atoms with E-state index in [-0.39, 0.29) is 37.7 Å². The summed E-state index contributed by atoms with van der Waals surface area (Å²) in [5.41, 5.74) is -0.0785. The van der Waals surface area contributed by atoms with Gasteiger partial charge in [0.1, 0.15) is 5.82 Å². The van der Waals surface area contributed by atoms with Gasteiger partial charge in [-0.2, -0.15) is 13.2 Å². The highest BCUT2D eigenvalue weighted by molar-refractivity contribution is 6.42. The lowest BCUT2D eigenvalue weighted by Gasteiger charge is -2.29. The lowest BCUT2D eigenvalue weighted by Crippen LogP contribution is -2.43. The molecule has 1 N–H and O–H groups in total. The van der Waals surface area contributed by atoms with Gasteiger partial charge in [0.05, 0.1) is 22.2 Å². The third kappa shape index (κ3) is 5.94. The average molecular weight is 522 g/mol. The van der Waals surface area contributed by atoms with Crippen LogP contribution >= 0.6 is 23.2 Å². The van der Waals surface area contributed by atoms with Crippen molar-refractivity contribution in [1.82, 2.24) is 14.7 Å². The molecule has 0 spiro atoms. The topological polar surface area (TPSA) is 47.0 Å². The van der Waals surface area contributed by atoms with Crippen molar-refractivity contribution in [3.63, 3.8) is 0 Å². The summed E-state index contributed by atoms with van der Waals surface area (Å²) in [6.07, 6.45) is -4.76. The summed E-state index contributed by atoms with van der Waals surface area (Å²) in [7, 11) is 3.37. The summed E-state index contributed by atoms with van der Waals surface area (Å²) in [6, 6.07) is 7.63. The summed E-state index contributed by atoms with van der Waals surface area (Å²) in [5.74, 6) is -1.50. The lowest BCUT2D eigenvalue weighted by atomic mass is 9.93. The second kappa shape index (κ2) is 10.7. The molecule has 2 amide bonds. The highest BCUT2D eigenvalue weighted by Gasteiger charge is 2.40. The maximum Gasteiger partial charge on any atom is 0.419 e. The van der Waals surface area contributed by atoms with E-state index in [4.69, 9.17) is 28.3 Å². The minimum Gasteiger partial charge on any atom is -0.395 e. The second-order valence-electron chi connectivity index (χ2n) is 8.41. The molecule has 1 heterocycles. The number of rotatable bonds is 6. The molecule has 1 saturated heterocycles. The molecule has 3 rings (SSSR count). The number of nitrogens with zero attached hydrogens (tertiary/aromatic N) is 3. The van der Waals surface area contributed by atoms with Crippen molar-refractivity contribution in [1.29, 1.82) is 0 Å². The molecule has 0 aromatic heterocycles.